The molecule has 1 heterocycles. The van der Waals surface area contributed by atoms with E-state index in [1.807, 2.05) is 18.2 Å². The van der Waals surface area contributed by atoms with Crippen LogP contribution in [0.25, 0.3) is 0 Å². The van der Waals surface area contributed by atoms with Crippen LogP contribution in [0.1, 0.15) is 22.8 Å². The van der Waals surface area contributed by atoms with E-state index in [1.165, 1.54) is 0 Å². The lowest BCUT2D eigenvalue weighted by molar-refractivity contribution is 0.0997. The molecule has 1 aliphatic rings. The highest BCUT2D eigenvalue weighted by Crippen LogP contribution is 2.12. The molecule has 4 nitrogen and oxygen atoms in total. The fraction of sp³-hybridized carbons (Fsp3) is 0.462. The quantitative estimate of drug-likeness (QED) is 0.803. The van der Waals surface area contributed by atoms with Gasteiger partial charge in [0.25, 0.3) is 0 Å². The van der Waals surface area contributed by atoms with Crippen LogP contribution in [0.4, 0.5) is 0 Å². The third kappa shape index (κ3) is 3.05. The minimum absolute atomic E-state index is 0.344. The minimum Gasteiger partial charge on any atom is -0.366 e. The first kappa shape index (κ1) is 12.1. The molecule has 4 heteroatoms. The molecule has 1 atom stereocenters. The van der Waals surface area contributed by atoms with Crippen molar-refractivity contribution in [1.82, 2.24) is 10.2 Å². The van der Waals surface area contributed by atoms with Gasteiger partial charge in [0.15, 0.2) is 0 Å². The number of nitrogens with zero attached hydrogens (tertiary/aromatic N) is 1. The molecular formula is C13H19N3O. The highest BCUT2D eigenvalue weighted by Gasteiger charge is 2.17. The molecule has 2 rings (SSSR count). The molecule has 1 aromatic rings. The molecule has 1 aliphatic heterocycles. The number of carbonyl (C=O) groups is 1. The second kappa shape index (κ2) is 5.29. The Balaban J connectivity index is 2.10. The summed E-state index contributed by atoms with van der Waals surface area (Å²) in [4.78, 5) is 13.7. The molecule has 0 aromatic heterocycles. The predicted octanol–water partition coefficient (Wildman–Crippen LogP) is 0.579. The summed E-state index contributed by atoms with van der Waals surface area (Å²) in [6.45, 7) is 5.99. The molecule has 1 fully saturated rings. The molecule has 1 saturated heterocycles. The normalized spacial score (nSPS) is 21.4. The molecule has 1 amide bonds. The third-order valence-corrected chi connectivity index (χ3v) is 3.13. The van der Waals surface area contributed by atoms with Crippen LogP contribution in [0, 0.1) is 0 Å². The van der Waals surface area contributed by atoms with Crippen LogP contribution in [0.15, 0.2) is 24.3 Å². The first-order chi connectivity index (χ1) is 8.16. The van der Waals surface area contributed by atoms with Gasteiger partial charge in [0.1, 0.15) is 0 Å². The monoisotopic (exact) mass is 233 g/mol. The number of amides is 1. The van der Waals surface area contributed by atoms with E-state index in [2.05, 4.69) is 17.1 Å². The Labute approximate surface area is 102 Å². The molecule has 1 aromatic carbocycles. The Hall–Kier alpha value is -1.39. The largest absolute Gasteiger partial charge is 0.366 e. The molecule has 0 bridgehead atoms. The summed E-state index contributed by atoms with van der Waals surface area (Å²) in [6, 6.07) is 8.08. The number of nitrogens with two attached hydrogens (primary N) is 1. The van der Waals surface area contributed by atoms with Gasteiger partial charge in [-0.2, -0.15) is 0 Å². The molecule has 0 spiro atoms. The Kier molecular flexibility index (Phi) is 3.76. The summed E-state index contributed by atoms with van der Waals surface area (Å²) in [6.07, 6.45) is 0. The Morgan fingerprint density at radius 3 is 3.00 bits per heavy atom. The number of carbonyl (C=O) groups excluding carboxylic acids is 1. The van der Waals surface area contributed by atoms with E-state index < -0.39 is 0 Å². The van der Waals surface area contributed by atoms with Crippen LogP contribution in [0.5, 0.6) is 0 Å². The van der Waals surface area contributed by atoms with E-state index in [-0.39, 0.29) is 5.91 Å². The van der Waals surface area contributed by atoms with Gasteiger partial charge in [-0.05, 0) is 18.6 Å². The average molecular weight is 233 g/mol. The van der Waals surface area contributed by atoms with Gasteiger partial charge < -0.3 is 11.1 Å². The van der Waals surface area contributed by atoms with Gasteiger partial charge in [0, 0.05) is 37.8 Å². The molecule has 0 unspecified atom stereocenters. The van der Waals surface area contributed by atoms with Crippen LogP contribution in [0.3, 0.4) is 0 Å². The highest BCUT2D eigenvalue weighted by molar-refractivity contribution is 5.94. The SMILES string of the molecule is C[C@@H]1CN(Cc2ccccc2C(N)=O)CCN1. The summed E-state index contributed by atoms with van der Waals surface area (Å²) in [5.74, 6) is -0.344. The number of hydrogen-bond acceptors (Lipinski definition) is 3. The lowest BCUT2D eigenvalue weighted by atomic mass is 10.1. The van der Waals surface area contributed by atoms with E-state index in [1.54, 1.807) is 6.07 Å². The van der Waals surface area contributed by atoms with E-state index >= 15 is 0 Å². The van der Waals surface area contributed by atoms with Crippen molar-refractivity contribution < 1.29 is 4.79 Å². The second-order valence-corrected chi connectivity index (χ2v) is 4.61. The van der Waals surface area contributed by atoms with Gasteiger partial charge in [-0.15, -0.1) is 0 Å². The fourth-order valence-corrected chi connectivity index (χ4v) is 2.30. The zero-order chi connectivity index (χ0) is 12.3. The third-order valence-electron chi connectivity index (χ3n) is 3.13. The predicted molar refractivity (Wildman–Crippen MR) is 67.7 cm³/mol. The highest BCUT2D eigenvalue weighted by atomic mass is 16.1. The number of rotatable bonds is 3. The summed E-state index contributed by atoms with van der Waals surface area (Å²) in [5, 5.41) is 3.40. The van der Waals surface area contributed by atoms with Crippen molar-refractivity contribution in [3.05, 3.63) is 35.4 Å². The van der Waals surface area contributed by atoms with Crippen LogP contribution in [-0.2, 0) is 6.54 Å². The topological polar surface area (TPSA) is 58.4 Å². The van der Waals surface area contributed by atoms with Crippen LogP contribution < -0.4 is 11.1 Å². The molecule has 17 heavy (non-hydrogen) atoms. The van der Waals surface area contributed by atoms with Crippen molar-refractivity contribution in [2.45, 2.75) is 19.5 Å². The smallest absolute Gasteiger partial charge is 0.249 e. The number of hydrogen-bond donors (Lipinski definition) is 2. The standard InChI is InChI=1S/C13H19N3O/c1-10-8-16(7-6-15-10)9-11-4-2-3-5-12(11)13(14)17/h2-5,10,15H,6-9H2,1H3,(H2,14,17)/t10-/m1/s1. The van der Waals surface area contributed by atoms with Crippen LogP contribution in [-0.4, -0.2) is 36.5 Å². The minimum atomic E-state index is -0.344. The van der Waals surface area contributed by atoms with Gasteiger partial charge in [-0.1, -0.05) is 18.2 Å². The number of piperazine rings is 1. The summed E-state index contributed by atoms with van der Waals surface area (Å²) < 4.78 is 0. The molecule has 92 valence electrons. The number of nitrogens with one attached hydrogen (secondary N) is 1. The maximum absolute atomic E-state index is 11.3. The van der Waals surface area contributed by atoms with Crippen molar-refractivity contribution in [3.63, 3.8) is 0 Å². The lowest BCUT2D eigenvalue weighted by Crippen LogP contribution is -2.48. The fourth-order valence-electron chi connectivity index (χ4n) is 2.30. The zero-order valence-electron chi connectivity index (χ0n) is 10.1. The number of benzene rings is 1. The van der Waals surface area contributed by atoms with Gasteiger partial charge >= 0.3 is 0 Å². The number of primary amides is 1. The first-order valence-electron chi connectivity index (χ1n) is 6.00. The summed E-state index contributed by atoms with van der Waals surface area (Å²) >= 11 is 0. The average Bonchev–Trinajstić information content (AvgIpc) is 2.29. The van der Waals surface area contributed by atoms with Gasteiger partial charge in [0.05, 0.1) is 0 Å². The first-order valence-corrected chi connectivity index (χ1v) is 6.00. The van der Waals surface area contributed by atoms with Crippen LogP contribution in [0.2, 0.25) is 0 Å². The van der Waals surface area contributed by atoms with Crippen LogP contribution >= 0.6 is 0 Å². The maximum atomic E-state index is 11.3. The van der Waals surface area contributed by atoms with Crippen molar-refractivity contribution in [2.24, 2.45) is 5.73 Å². The zero-order valence-corrected chi connectivity index (χ0v) is 10.1. The van der Waals surface area contributed by atoms with E-state index in [0.29, 0.717) is 11.6 Å². The molecule has 3 N–H and O–H groups in total. The van der Waals surface area contributed by atoms with E-state index in [0.717, 1.165) is 31.7 Å². The maximum Gasteiger partial charge on any atom is 0.249 e. The van der Waals surface area contributed by atoms with E-state index in [9.17, 15) is 4.79 Å². The Morgan fingerprint density at radius 1 is 1.53 bits per heavy atom. The van der Waals surface area contributed by atoms with E-state index in [4.69, 9.17) is 5.73 Å². The Bertz CT molecular complexity index is 405. The Morgan fingerprint density at radius 2 is 2.29 bits per heavy atom. The van der Waals surface area contributed by atoms with Crippen molar-refractivity contribution in [2.75, 3.05) is 19.6 Å². The summed E-state index contributed by atoms with van der Waals surface area (Å²) in [7, 11) is 0. The molecule has 0 aliphatic carbocycles. The van der Waals surface area contributed by atoms with Crippen molar-refractivity contribution in [1.29, 1.82) is 0 Å². The van der Waals surface area contributed by atoms with Gasteiger partial charge in [0.2, 0.25) is 5.91 Å². The molecular weight excluding hydrogens is 214 g/mol. The van der Waals surface area contributed by atoms with Crippen molar-refractivity contribution in [3.8, 4) is 0 Å². The summed E-state index contributed by atoms with van der Waals surface area (Å²) in [5.41, 5.74) is 7.04. The lowest BCUT2D eigenvalue weighted by Gasteiger charge is -2.32. The van der Waals surface area contributed by atoms with Crippen molar-refractivity contribution >= 4 is 5.91 Å². The van der Waals surface area contributed by atoms with Gasteiger partial charge in [-0.3, -0.25) is 9.69 Å². The second-order valence-electron chi connectivity index (χ2n) is 4.61. The molecule has 0 saturated carbocycles. The van der Waals surface area contributed by atoms with Gasteiger partial charge in [-0.25, -0.2) is 0 Å². The molecule has 0 radical (unpaired) electrons.